The molecule has 7 heteroatoms. The van der Waals surface area contributed by atoms with Crippen LogP contribution in [0.5, 0.6) is 0 Å². The molecule has 0 amide bonds. The van der Waals surface area contributed by atoms with Gasteiger partial charge in [0.2, 0.25) is 0 Å². The number of carboxylic acids is 1. The van der Waals surface area contributed by atoms with Gasteiger partial charge in [0.15, 0.2) is 9.84 Å². The van der Waals surface area contributed by atoms with Gasteiger partial charge in [-0.25, -0.2) is 13.2 Å². The number of rotatable bonds is 4. The minimum absolute atomic E-state index is 0.222. The average Bonchev–Trinajstić information content (AvgIpc) is 2.41. The number of nitrogens with zero attached hydrogens (tertiary/aromatic N) is 1. The molecule has 0 aliphatic heterocycles. The van der Waals surface area contributed by atoms with Crippen LogP contribution in [0.1, 0.15) is 15.9 Å². The summed E-state index contributed by atoms with van der Waals surface area (Å²) in [7, 11) is -3.80. The van der Waals surface area contributed by atoms with E-state index in [-0.39, 0.29) is 21.2 Å². The highest BCUT2D eigenvalue weighted by Crippen LogP contribution is 2.23. The first-order valence-corrected chi connectivity index (χ1v) is 7.58. The number of benzene rings is 1. The number of halogens is 1. The molecule has 0 saturated carbocycles. The third-order valence-corrected chi connectivity index (χ3v) is 4.71. The Morgan fingerprint density at radius 1 is 1.25 bits per heavy atom. The van der Waals surface area contributed by atoms with Gasteiger partial charge in [0.25, 0.3) is 0 Å². The molecule has 1 heterocycles. The number of carboxylic acid groups (broad SMARTS) is 1. The molecular formula is C13H10ClNO4S. The first-order valence-electron chi connectivity index (χ1n) is 5.55. The maximum Gasteiger partial charge on any atom is 0.337 e. The summed E-state index contributed by atoms with van der Waals surface area (Å²) in [4.78, 5) is 14.6. The Balaban J connectivity index is 2.47. The predicted molar refractivity (Wildman–Crippen MR) is 73.5 cm³/mol. The zero-order valence-corrected chi connectivity index (χ0v) is 11.7. The Morgan fingerprint density at radius 2 is 1.95 bits per heavy atom. The number of aromatic nitrogens is 1. The van der Waals surface area contributed by atoms with Gasteiger partial charge in [-0.05, 0) is 23.8 Å². The first kappa shape index (κ1) is 14.5. The van der Waals surface area contributed by atoms with Gasteiger partial charge in [0, 0.05) is 12.4 Å². The fraction of sp³-hybridized carbons (Fsp3) is 0.0769. The molecule has 20 heavy (non-hydrogen) atoms. The molecule has 1 N–H and O–H groups in total. The van der Waals surface area contributed by atoms with E-state index in [1.165, 1.54) is 42.7 Å². The molecule has 0 radical (unpaired) electrons. The largest absolute Gasteiger partial charge is 0.478 e. The summed E-state index contributed by atoms with van der Waals surface area (Å²) in [6, 6.07) is 6.97. The Morgan fingerprint density at radius 3 is 2.60 bits per heavy atom. The lowest BCUT2D eigenvalue weighted by molar-refractivity contribution is 0.0692. The minimum atomic E-state index is -3.80. The fourth-order valence-electron chi connectivity index (χ4n) is 1.72. The van der Waals surface area contributed by atoms with E-state index in [0.29, 0.717) is 5.56 Å². The van der Waals surface area contributed by atoms with Crippen molar-refractivity contribution in [2.45, 2.75) is 10.6 Å². The van der Waals surface area contributed by atoms with E-state index in [1.807, 2.05) is 0 Å². The van der Waals surface area contributed by atoms with E-state index in [4.69, 9.17) is 16.7 Å². The van der Waals surface area contributed by atoms with Crippen molar-refractivity contribution >= 4 is 27.4 Å². The molecule has 0 fully saturated rings. The first-order chi connectivity index (χ1) is 9.42. The number of aromatic carboxylic acids is 1. The Bertz CT molecular complexity index is 758. The maximum atomic E-state index is 12.3. The fourth-order valence-corrected chi connectivity index (χ4v) is 3.58. The summed E-state index contributed by atoms with van der Waals surface area (Å²) >= 11 is 5.88. The summed E-state index contributed by atoms with van der Waals surface area (Å²) < 4.78 is 24.7. The van der Waals surface area contributed by atoms with Crippen LogP contribution >= 0.6 is 11.6 Å². The SMILES string of the molecule is O=C(O)c1ccccc1S(=O)(=O)Cc1ccncc1Cl. The zero-order valence-electron chi connectivity index (χ0n) is 10.2. The lowest BCUT2D eigenvalue weighted by Crippen LogP contribution is -2.11. The second-order valence-electron chi connectivity index (χ2n) is 4.03. The van der Waals surface area contributed by atoms with Crippen LogP contribution in [-0.2, 0) is 15.6 Å². The van der Waals surface area contributed by atoms with Crippen LogP contribution in [0.3, 0.4) is 0 Å². The standard InChI is InChI=1S/C13H10ClNO4S/c14-11-7-15-6-5-9(11)8-20(18,19)12-4-2-1-3-10(12)13(16)17/h1-7H,8H2,(H,16,17). The smallest absolute Gasteiger partial charge is 0.337 e. The molecule has 2 rings (SSSR count). The third-order valence-electron chi connectivity index (χ3n) is 2.65. The molecule has 0 spiro atoms. The van der Waals surface area contributed by atoms with Crippen LogP contribution in [0.4, 0.5) is 0 Å². The van der Waals surface area contributed by atoms with E-state index >= 15 is 0 Å². The van der Waals surface area contributed by atoms with Gasteiger partial charge in [0.05, 0.1) is 21.2 Å². The van der Waals surface area contributed by atoms with E-state index in [0.717, 1.165) is 0 Å². The van der Waals surface area contributed by atoms with Crippen molar-refractivity contribution in [3.63, 3.8) is 0 Å². The predicted octanol–water partition coefficient (Wildman–Crippen LogP) is 2.41. The normalized spacial score (nSPS) is 11.2. The van der Waals surface area contributed by atoms with Crippen molar-refractivity contribution in [2.24, 2.45) is 0 Å². The quantitative estimate of drug-likeness (QED) is 0.937. The van der Waals surface area contributed by atoms with Crippen molar-refractivity contribution in [1.82, 2.24) is 4.98 Å². The summed E-state index contributed by atoms with van der Waals surface area (Å²) in [6.07, 6.45) is 2.77. The minimum Gasteiger partial charge on any atom is -0.478 e. The molecule has 2 aromatic rings. The lowest BCUT2D eigenvalue weighted by atomic mass is 10.2. The summed E-state index contributed by atoms with van der Waals surface area (Å²) in [5.74, 6) is -1.66. The molecule has 0 atom stereocenters. The number of hydrogen-bond acceptors (Lipinski definition) is 4. The number of hydrogen-bond donors (Lipinski definition) is 1. The van der Waals surface area contributed by atoms with Gasteiger partial charge in [0.1, 0.15) is 0 Å². The summed E-state index contributed by atoms with van der Waals surface area (Å²) in [6.45, 7) is 0. The van der Waals surface area contributed by atoms with Crippen LogP contribution in [0.15, 0.2) is 47.6 Å². The Labute approximate surface area is 120 Å². The molecule has 104 valence electrons. The van der Waals surface area contributed by atoms with Crippen LogP contribution in [0.2, 0.25) is 5.02 Å². The highest BCUT2D eigenvalue weighted by Gasteiger charge is 2.23. The molecule has 0 bridgehead atoms. The van der Waals surface area contributed by atoms with Crippen LogP contribution in [0.25, 0.3) is 0 Å². The van der Waals surface area contributed by atoms with Crippen LogP contribution in [-0.4, -0.2) is 24.5 Å². The van der Waals surface area contributed by atoms with Crippen molar-refractivity contribution < 1.29 is 18.3 Å². The highest BCUT2D eigenvalue weighted by atomic mass is 35.5. The van der Waals surface area contributed by atoms with Crippen molar-refractivity contribution in [2.75, 3.05) is 0 Å². The molecular weight excluding hydrogens is 302 g/mol. The number of sulfone groups is 1. The van der Waals surface area contributed by atoms with Gasteiger partial charge in [-0.3, -0.25) is 4.98 Å². The molecule has 1 aromatic carbocycles. The van der Waals surface area contributed by atoms with Crippen molar-refractivity contribution in [1.29, 1.82) is 0 Å². The molecule has 0 unspecified atom stereocenters. The molecule has 5 nitrogen and oxygen atoms in total. The second kappa shape index (κ2) is 5.60. The zero-order chi connectivity index (χ0) is 14.8. The molecule has 1 aromatic heterocycles. The lowest BCUT2D eigenvalue weighted by Gasteiger charge is -2.08. The van der Waals surface area contributed by atoms with Crippen molar-refractivity contribution in [3.8, 4) is 0 Å². The highest BCUT2D eigenvalue weighted by molar-refractivity contribution is 7.90. The molecule has 0 aliphatic carbocycles. The van der Waals surface area contributed by atoms with Gasteiger partial charge in [-0.1, -0.05) is 23.7 Å². The second-order valence-corrected chi connectivity index (χ2v) is 6.39. The molecule has 0 aliphatic rings. The number of pyridine rings is 1. The topological polar surface area (TPSA) is 84.3 Å². The van der Waals surface area contributed by atoms with Gasteiger partial charge in [-0.15, -0.1) is 0 Å². The van der Waals surface area contributed by atoms with Gasteiger partial charge in [-0.2, -0.15) is 0 Å². The van der Waals surface area contributed by atoms with Gasteiger partial charge >= 0.3 is 5.97 Å². The Hall–Kier alpha value is -1.92. The molecule has 0 saturated heterocycles. The van der Waals surface area contributed by atoms with E-state index in [2.05, 4.69) is 4.98 Å². The monoisotopic (exact) mass is 311 g/mol. The maximum absolute atomic E-state index is 12.3. The van der Waals surface area contributed by atoms with Gasteiger partial charge < -0.3 is 5.11 Å². The average molecular weight is 312 g/mol. The van der Waals surface area contributed by atoms with Crippen molar-refractivity contribution in [3.05, 3.63) is 58.9 Å². The van der Waals surface area contributed by atoms with E-state index in [1.54, 1.807) is 0 Å². The van der Waals surface area contributed by atoms with Crippen LogP contribution in [0, 0.1) is 0 Å². The summed E-state index contributed by atoms with van der Waals surface area (Å²) in [5, 5.41) is 9.27. The van der Waals surface area contributed by atoms with E-state index < -0.39 is 15.8 Å². The summed E-state index contributed by atoms with van der Waals surface area (Å²) in [5.41, 5.74) is 0.125. The third kappa shape index (κ3) is 2.97. The number of carbonyl (C=O) groups is 1. The van der Waals surface area contributed by atoms with E-state index in [9.17, 15) is 13.2 Å². The van der Waals surface area contributed by atoms with Crippen LogP contribution < -0.4 is 0 Å². The Kier molecular flexibility index (Phi) is 4.06.